The smallest absolute Gasteiger partial charge is 0.307 e. The highest BCUT2D eigenvalue weighted by Crippen LogP contribution is 2.28. The molecule has 0 spiro atoms. The Bertz CT molecular complexity index is 753. The first-order valence-corrected chi connectivity index (χ1v) is 8.86. The molecule has 0 saturated heterocycles. The lowest BCUT2D eigenvalue weighted by Gasteiger charge is -2.23. The summed E-state index contributed by atoms with van der Waals surface area (Å²) in [7, 11) is 0. The predicted molar refractivity (Wildman–Crippen MR) is 103 cm³/mol. The number of carbonyl (C=O) groups is 1. The molecule has 0 saturated carbocycles. The number of aliphatic imine (C=N–C) groups is 1. The monoisotopic (exact) mass is 339 g/mol. The Labute approximate surface area is 147 Å². The Morgan fingerprint density at radius 3 is 2.21 bits per heavy atom. The zero-order chi connectivity index (χ0) is 17.1. The molecule has 0 radical (unpaired) electrons. The number of hydrogen-bond donors (Lipinski definition) is 1. The van der Waals surface area contributed by atoms with Crippen molar-refractivity contribution in [2.45, 2.75) is 26.0 Å². The van der Waals surface area contributed by atoms with Crippen LogP contribution in [0.25, 0.3) is 0 Å². The van der Waals surface area contributed by atoms with E-state index in [9.17, 15) is 4.79 Å². The number of amides is 2. The summed E-state index contributed by atoms with van der Waals surface area (Å²) < 4.78 is 0. The van der Waals surface area contributed by atoms with E-state index in [0.29, 0.717) is 5.25 Å². The Morgan fingerprint density at radius 1 is 1.08 bits per heavy atom. The molecular formula is C19H21N3OS. The van der Waals surface area contributed by atoms with E-state index in [1.54, 1.807) is 16.7 Å². The molecule has 5 heteroatoms. The van der Waals surface area contributed by atoms with Crippen molar-refractivity contribution in [2.75, 3.05) is 16.8 Å². The molecule has 1 aliphatic heterocycles. The first kappa shape index (κ1) is 16.6. The van der Waals surface area contributed by atoms with E-state index in [1.807, 2.05) is 62.4 Å². The number of nitrogens with one attached hydrogen (secondary N) is 1. The van der Waals surface area contributed by atoms with Gasteiger partial charge in [-0.25, -0.2) is 9.69 Å². The van der Waals surface area contributed by atoms with Gasteiger partial charge in [0.25, 0.3) is 0 Å². The SMILES string of the molecule is Cc1ccc(NC(=O)N(C2=NC[C@@H](C)S2)c2ccc(C)cc2)cc1. The highest BCUT2D eigenvalue weighted by Gasteiger charge is 2.27. The Hall–Kier alpha value is -2.27. The van der Waals surface area contributed by atoms with Crippen LogP contribution in [-0.2, 0) is 0 Å². The molecular weight excluding hydrogens is 318 g/mol. The number of aryl methyl sites for hydroxylation is 2. The van der Waals surface area contributed by atoms with Crippen LogP contribution in [0.5, 0.6) is 0 Å². The van der Waals surface area contributed by atoms with Gasteiger partial charge in [-0.2, -0.15) is 0 Å². The summed E-state index contributed by atoms with van der Waals surface area (Å²) >= 11 is 1.63. The fourth-order valence-electron chi connectivity index (χ4n) is 2.41. The number of amidine groups is 1. The third kappa shape index (κ3) is 3.79. The van der Waals surface area contributed by atoms with Gasteiger partial charge in [-0.3, -0.25) is 4.99 Å². The molecule has 4 nitrogen and oxygen atoms in total. The predicted octanol–water partition coefficient (Wildman–Crippen LogP) is 4.83. The van der Waals surface area contributed by atoms with Gasteiger partial charge in [0.05, 0.1) is 12.2 Å². The molecule has 124 valence electrons. The van der Waals surface area contributed by atoms with Crippen LogP contribution >= 0.6 is 11.8 Å². The molecule has 2 aromatic rings. The molecule has 2 amide bonds. The van der Waals surface area contributed by atoms with Crippen LogP contribution in [0.15, 0.2) is 53.5 Å². The van der Waals surface area contributed by atoms with Gasteiger partial charge in [0, 0.05) is 10.9 Å². The summed E-state index contributed by atoms with van der Waals surface area (Å²) in [5.74, 6) is 0. The molecule has 1 N–H and O–H groups in total. The van der Waals surface area contributed by atoms with E-state index < -0.39 is 0 Å². The van der Waals surface area contributed by atoms with Crippen molar-refractivity contribution in [3.05, 3.63) is 59.7 Å². The van der Waals surface area contributed by atoms with Crippen LogP contribution in [0.4, 0.5) is 16.2 Å². The fraction of sp³-hybridized carbons (Fsp3) is 0.263. The summed E-state index contributed by atoms with van der Waals surface area (Å²) in [6.07, 6.45) is 0. The van der Waals surface area contributed by atoms with Gasteiger partial charge in [0.1, 0.15) is 0 Å². The Kier molecular flexibility index (Phi) is 4.90. The van der Waals surface area contributed by atoms with Crippen molar-refractivity contribution in [1.29, 1.82) is 0 Å². The topological polar surface area (TPSA) is 44.7 Å². The summed E-state index contributed by atoms with van der Waals surface area (Å²) in [6, 6.07) is 15.5. The van der Waals surface area contributed by atoms with Crippen molar-refractivity contribution in [1.82, 2.24) is 0 Å². The first-order valence-electron chi connectivity index (χ1n) is 7.98. The number of anilines is 2. The van der Waals surface area contributed by atoms with Gasteiger partial charge in [0.15, 0.2) is 5.17 Å². The molecule has 3 rings (SSSR count). The van der Waals surface area contributed by atoms with Crippen molar-refractivity contribution in [2.24, 2.45) is 4.99 Å². The normalized spacial score (nSPS) is 16.6. The zero-order valence-corrected chi connectivity index (χ0v) is 14.9. The van der Waals surface area contributed by atoms with Gasteiger partial charge in [-0.15, -0.1) is 0 Å². The second-order valence-electron chi connectivity index (χ2n) is 6.02. The summed E-state index contributed by atoms with van der Waals surface area (Å²) in [6.45, 7) is 6.91. The lowest BCUT2D eigenvalue weighted by Crippen LogP contribution is -2.38. The average Bonchev–Trinajstić information content (AvgIpc) is 2.98. The van der Waals surface area contributed by atoms with Gasteiger partial charge < -0.3 is 5.32 Å². The van der Waals surface area contributed by atoms with Crippen LogP contribution in [0.1, 0.15) is 18.1 Å². The van der Waals surface area contributed by atoms with Gasteiger partial charge >= 0.3 is 6.03 Å². The standard InChI is InChI=1S/C19H21N3OS/c1-13-4-8-16(9-5-13)21-18(23)22(19-20-12-15(3)24-19)17-10-6-14(2)7-11-17/h4-11,15H,12H2,1-3H3,(H,21,23)/t15-/m1/s1. The molecule has 0 bridgehead atoms. The molecule has 2 aromatic carbocycles. The Balaban J connectivity index is 1.87. The van der Waals surface area contributed by atoms with E-state index in [1.165, 1.54) is 0 Å². The fourth-order valence-corrected chi connectivity index (χ4v) is 3.36. The second-order valence-corrected chi connectivity index (χ2v) is 7.42. The molecule has 0 aliphatic carbocycles. The van der Waals surface area contributed by atoms with Gasteiger partial charge in [0.2, 0.25) is 0 Å². The number of benzene rings is 2. The minimum Gasteiger partial charge on any atom is -0.307 e. The third-order valence-electron chi connectivity index (χ3n) is 3.78. The van der Waals surface area contributed by atoms with Gasteiger partial charge in [-0.1, -0.05) is 54.1 Å². The minimum absolute atomic E-state index is 0.192. The van der Waals surface area contributed by atoms with Crippen molar-refractivity contribution in [3.63, 3.8) is 0 Å². The summed E-state index contributed by atoms with van der Waals surface area (Å²) in [5, 5.41) is 4.10. The molecule has 1 heterocycles. The molecule has 0 aromatic heterocycles. The lowest BCUT2D eigenvalue weighted by atomic mass is 10.2. The molecule has 0 fully saturated rings. The highest BCUT2D eigenvalue weighted by atomic mass is 32.2. The molecule has 1 atom stereocenters. The van der Waals surface area contributed by atoms with Crippen LogP contribution in [0.2, 0.25) is 0 Å². The van der Waals surface area contributed by atoms with Gasteiger partial charge in [-0.05, 0) is 38.1 Å². The third-order valence-corrected chi connectivity index (χ3v) is 4.85. The van der Waals surface area contributed by atoms with Crippen molar-refractivity contribution < 1.29 is 4.79 Å². The number of nitrogens with zero attached hydrogens (tertiary/aromatic N) is 2. The Morgan fingerprint density at radius 2 is 1.67 bits per heavy atom. The van der Waals surface area contributed by atoms with E-state index in [0.717, 1.165) is 34.2 Å². The quantitative estimate of drug-likeness (QED) is 0.851. The zero-order valence-electron chi connectivity index (χ0n) is 14.1. The van der Waals surface area contributed by atoms with Crippen molar-refractivity contribution >= 4 is 34.3 Å². The van der Waals surface area contributed by atoms with Crippen LogP contribution in [0.3, 0.4) is 0 Å². The maximum Gasteiger partial charge on any atom is 0.332 e. The first-order chi connectivity index (χ1) is 11.5. The highest BCUT2D eigenvalue weighted by molar-refractivity contribution is 8.15. The van der Waals surface area contributed by atoms with E-state index in [4.69, 9.17) is 0 Å². The van der Waals surface area contributed by atoms with Crippen LogP contribution in [0, 0.1) is 13.8 Å². The maximum absolute atomic E-state index is 12.9. The number of rotatable bonds is 2. The maximum atomic E-state index is 12.9. The number of hydrogen-bond acceptors (Lipinski definition) is 3. The summed E-state index contributed by atoms with van der Waals surface area (Å²) in [5.41, 5.74) is 3.92. The second kappa shape index (κ2) is 7.09. The number of urea groups is 1. The largest absolute Gasteiger partial charge is 0.332 e. The molecule has 0 unspecified atom stereocenters. The van der Waals surface area contributed by atoms with E-state index in [-0.39, 0.29) is 6.03 Å². The number of thioether (sulfide) groups is 1. The van der Waals surface area contributed by atoms with E-state index >= 15 is 0 Å². The molecule has 24 heavy (non-hydrogen) atoms. The van der Waals surface area contributed by atoms with E-state index in [2.05, 4.69) is 17.2 Å². The van der Waals surface area contributed by atoms with Crippen molar-refractivity contribution in [3.8, 4) is 0 Å². The van der Waals surface area contributed by atoms with Crippen LogP contribution in [-0.4, -0.2) is 23.0 Å². The summed E-state index contributed by atoms with van der Waals surface area (Å²) in [4.78, 5) is 19.1. The lowest BCUT2D eigenvalue weighted by molar-refractivity contribution is 0.259. The average molecular weight is 339 g/mol. The minimum atomic E-state index is -0.192. The van der Waals surface area contributed by atoms with Crippen LogP contribution < -0.4 is 10.2 Å². The number of carbonyl (C=O) groups excluding carboxylic acids is 1. The molecule has 1 aliphatic rings.